The molecule has 0 aromatic carbocycles. The molecule has 0 aromatic rings. The molecule has 19 heavy (non-hydrogen) atoms. The first-order chi connectivity index (χ1) is 8.81. The second-order valence-corrected chi connectivity index (χ2v) is 12.3. The fourth-order valence-corrected chi connectivity index (χ4v) is 3.71. The highest BCUT2D eigenvalue weighted by Crippen LogP contribution is 2.26. The fourth-order valence-electron chi connectivity index (χ4n) is 2.32. The van der Waals surface area contributed by atoms with Gasteiger partial charge in [-0.2, -0.15) is 0 Å². The van der Waals surface area contributed by atoms with Gasteiger partial charge >= 0.3 is 5.97 Å². The lowest BCUT2D eigenvalue weighted by Gasteiger charge is -2.20. The van der Waals surface area contributed by atoms with Crippen molar-refractivity contribution in [3.05, 3.63) is 23.3 Å². The third-order valence-corrected chi connectivity index (χ3v) is 4.77. The van der Waals surface area contributed by atoms with Crippen LogP contribution in [0.15, 0.2) is 23.3 Å². The molecule has 0 radical (unpaired) electrons. The number of allylic oxidation sites excluding steroid dienone is 3. The molecular weight excluding hydrogens is 252 g/mol. The molecule has 0 amide bonds. The lowest BCUT2D eigenvalue weighted by molar-refractivity contribution is -0.138. The van der Waals surface area contributed by atoms with Gasteiger partial charge in [-0.05, 0) is 44.2 Å². The molecule has 0 aliphatic heterocycles. The Morgan fingerprint density at radius 3 is 2.63 bits per heavy atom. The molecule has 108 valence electrons. The van der Waals surface area contributed by atoms with Crippen molar-refractivity contribution in [3.8, 4) is 0 Å². The first-order valence-electron chi connectivity index (χ1n) is 7.38. The summed E-state index contributed by atoms with van der Waals surface area (Å²) in [7, 11) is -1.31. The Kier molecular flexibility index (Phi) is 6.05. The normalized spacial score (nSPS) is 21.0. The zero-order valence-corrected chi connectivity index (χ0v) is 14.1. The maximum atomic E-state index is 12.1. The maximum Gasteiger partial charge on any atom is 0.333 e. The Balaban J connectivity index is 2.86. The largest absolute Gasteiger partial charge is 0.463 e. The van der Waals surface area contributed by atoms with E-state index in [2.05, 4.69) is 38.7 Å². The van der Waals surface area contributed by atoms with E-state index in [9.17, 15) is 4.79 Å². The number of rotatable bonds is 5. The summed E-state index contributed by atoms with van der Waals surface area (Å²) in [5.41, 5.74) is 2.20. The molecule has 0 aromatic heterocycles. The number of esters is 1. The minimum Gasteiger partial charge on any atom is -0.463 e. The van der Waals surface area contributed by atoms with E-state index in [1.807, 2.05) is 6.92 Å². The molecule has 0 saturated heterocycles. The van der Waals surface area contributed by atoms with Crippen LogP contribution in [0.1, 0.15) is 33.1 Å². The third-order valence-electron chi connectivity index (χ3n) is 3.33. The molecule has 0 bridgehead atoms. The van der Waals surface area contributed by atoms with Crippen LogP contribution >= 0.6 is 0 Å². The van der Waals surface area contributed by atoms with Crippen molar-refractivity contribution in [1.29, 1.82) is 0 Å². The molecule has 1 rings (SSSR count). The Morgan fingerprint density at radius 1 is 1.47 bits per heavy atom. The molecule has 0 heterocycles. The van der Waals surface area contributed by atoms with Gasteiger partial charge in [-0.25, -0.2) is 4.79 Å². The molecule has 0 fully saturated rings. The van der Waals surface area contributed by atoms with Gasteiger partial charge in [0.2, 0.25) is 0 Å². The van der Waals surface area contributed by atoms with Gasteiger partial charge in [0.05, 0.1) is 6.61 Å². The van der Waals surface area contributed by atoms with Crippen LogP contribution in [0.2, 0.25) is 25.7 Å². The van der Waals surface area contributed by atoms with Crippen molar-refractivity contribution in [1.82, 2.24) is 0 Å². The number of carbonyl (C=O) groups is 1. The lowest BCUT2D eigenvalue weighted by Crippen LogP contribution is -2.23. The zero-order chi connectivity index (χ0) is 14.5. The number of ether oxygens (including phenoxy) is 1. The quantitative estimate of drug-likeness (QED) is 0.419. The molecular formula is C16H28O2Si. The van der Waals surface area contributed by atoms with E-state index >= 15 is 0 Å². The monoisotopic (exact) mass is 280 g/mol. The first kappa shape index (κ1) is 16.2. The molecule has 0 saturated carbocycles. The van der Waals surface area contributed by atoms with Crippen LogP contribution in [0.4, 0.5) is 0 Å². The second kappa shape index (κ2) is 7.08. The van der Waals surface area contributed by atoms with Gasteiger partial charge in [0, 0.05) is 13.6 Å². The summed E-state index contributed by atoms with van der Waals surface area (Å²) in [5.74, 6) is 0.657. The summed E-state index contributed by atoms with van der Waals surface area (Å²) in [5, 5.41) is 0. The Hall–Kier alpha value is -0.833. The highest BCUT2D eigenvalue weighted by Gasteiger charge is 2.21. The number of hydrogen-bond donors (Lipinski definition) is 0. The van der Waals surface area contributed by atoms with E-state index in [0.717, 1.165) is 30.4 Å². The van der Waals surface area contributed by atoms with Crippen molar-refractivity contribution in [2.45, 2.75) is 58.8 Å². The van der Waals surface area contributed by atoms with E-state index in [4.69, 9.17) is 4.74 Å². The molecule has 1 aliphatic carbocycles. The topological polar surface area (TPSA) is 26.3 Å². The molecule has 1 atom stereocenters. The van der Waals surface area contributed by atoms with Gasteiger partial charge < -0.3 is 4.74 Å². The molecule has 1 unspecified atom stereocenters. The van der Waals surface area contributed by atoms with E-state index in [-0.39, 0.29) is 5.97 Å². The van der Waals surface area contributed by atoms with E-state index in [1.54, 1.807) is 0 Å². The summed E-state index contributed by atoms with van der Waals surface area (Å²) in [6.45, 7) is 11.5. The average molecular weight is 280 g/mol. The van der Waals surface area contributed by atoms with Crippen LogP contribution in [-0.2, 0) is 9.53 Å². The summed E-state index contributed by atoms with van der Waals surface area (Å²) in [6.07, 6.45) is 7.84. The Bertz CT molecular complexity index is 375. The van der Waals surface area contributed by atoms with Gasteiger partial charge in [0.15, 0.2) is 0 Å². The standard InChI is InChI=1S/C16H28O2Si/c1-6-18-16(17)15(12-19(3,4)5)11-14-9-7-13(2)8-10-14/h9,11,13H,6-8,10,12H2,1-5H3/b15-11-. The van der Waals surface area contributed by atoms with E-state index < -0.39 is 8.07 Å². The minimum absolute atomic E-state index is 0.121. The van der Waals surface area contributed by atoms with Crippen molar-refractivity contribution >= 4 is 14.0 Å². The molecule has 3 heteroatoms. The second-order valence-electron chi connectivity index (χ2n) is 6.79. The van der Waals surface area contributed by atoms with Gasteiger partial charge in [0.25, 0.3) is 0 Å². The van der Waals surface area contributed by atoms with Crippen LogP contribution in [0.25, 0.3) is 0 Å². The lowest BCUT2D eigenvalue weighted by atomic mass is 9.90. The van der Waals surface area contributed by atoms with Gasteiger partial charge in [-0.1, -0.05) is 38.2 Å². The highest BCUT2D eigenvalue weighted by molar-refractivity contribution is 6.77. The zero-order valence-electron chi connectivity index (χ0n) is 13.1. The van der Waals surface area contributed by atoms with Crippen molar-refractivity contribution in [2.75, 3.05) is 6.61 Å². The van der Waals surface area contributed by atoms with E-state index in [0.29, 0.717) is 6.61 Å². The van der Waals surface area contributed by atoms with Gasteiger partial charge in [0.1, 0.15) is 0 Å². The van der Waals surface area contributed by atoms with Crippen LogP contribution in [0, 0.1) is 5.92 Å². The maximum absolute atomic E-state index is 12.1. The Morgan fingerprint density at radius 2 is 2.16 bits per heavy atom. The van der Waals surface area contributed by atoms with Crippen molar-refractivity contribution < 1.29 is 9.53 Å². The molecule has 2 nitrogen and oxygen atoms in total. The fraction of sp³-hybridized carbons (Fsp3) is 0.688. The summed E-state index contributed by atoms with van der Waals surface area (Å²) >= 11 is 0. The minimum atomic E-state index is -1.31. The average Bonchev–Trinajstić information content (AvgIpc) is 2.30. The predicted molar refractivity (Wildman–Crippen MR) is 84.0 cm³/mol. The first-order valence-corrected chi connectivity index (χ1v) is 11.1. The van der Waals surface area contributed by atoms with Crippen LogP contribution < -0.4 is 0 Å². The van der Waals surface area contributed by atoms with Crippen molar-refractivity contribution in [2.24, 2.45) is 5.92 Å². The number of hydrogen-bond acceptors (Lipinski definition) is 2. The smallest absolute Gasteiger partial charge is 0.333 e. The Labute approximate surface area is 118 Å². The molecule has 1 aliphatic rings. The van der Waals surface area contributed by atoms with Crippen LogP contribution in [0.5, 0.6) is 0 Å². The SMILES string of the molecule is CCOC(=O)/C(=C\C1=CCC(C)CC1)C[Si](C)(C)C. The van der Waals surface area contributed by atoms with Gasteiger partial charge in [-0.15, -0.1) is 0 Å². The third kappa shape index (κ3) is 6.23. The van der Waals surface area contributed by atoms with Crippen molar-refractivity contribution in [3.63, 3.8) is 0 Å². The molecule has 0 N–H and O–H groups in total. The molecule has 0 spiro atoms. The summed E-state index contributed by atoms with van der Waals surface area (Å²) in [4.78, 5) is 12.1. The highest BCUT2D eigenvalue weighted by atomic mass is 28.3. The van der Waals surface area contributed by atoms with Crippen LogP contribution in [-0.4, -0.2) is 20.7 Å². The van der Waals surface area contributed by atoms with E-state index in [1.165, 1.54) is 12.0 Å². The van der Waals surface area contributed by atoms with Crippen LogP contribution in [0.3, 0.4) is 0 Å². The summed E-state index contributed by atoms with van der Waals surface area (Å²) < 4.78 is 5.20. The van der Waals surface area contributed by atoms with Gasteiger partial charge in [-0.3, -0.25) is 0 Å². The predicted octanol–water partition coefficient (Wildman–Crippen LogP) is 4.56. The summed E-state index contributed by atoms with van der Waals surface area (Å²) in [6, 6.07) is 0.902. The number of carbonyl (C=O) groups excluding carboxylic acids is 1.